The molecule has 0 saturated heterocycles. The van der Waals surface area contributed by atoms with Crippen LogP contribution in [0.3, 0.4) is 0 Å². The van der Waals surface area contributed by atoms with Crippen LogP contribution in [-0.4, -0.2) is 4.57 Å². The number of pyridine rings is 1. The van der Waals surface area contributed by atoms with Crippen LogP contribution in [0.2, 0.25) is 0 Å². The van der Waals surface area contributed by atoms with Gasteiger partial charge in [0.1, 0.15) is 0 Å². The number of hydrogen-bond acceptors (Lipinski definition) is 1. The lowest BCUT2D eigenvalue weighted by Gasteiger charge is -2.14. The lowest BCUT2D eigenvalue weighted by molar-refractivity contribution is 0.580. The first-order valence-electron chi connectivity index (χ1n) is 5.63. The standard InChI is InChI=1S/C14H17NO/c1-9(2)15-8-11(4)12-7-5-6-10(3)13(12)14(15)16/h5-9H,1-4H3. The molecule has 0 bridgehead atoms. The summed E-state index contributed by atoms with van der Waals surface area (Å²) in [6.07, 6.45) is 1.95. The van der Waals surface area contributed by atoms with Crippen molar-refractivity contribution < 1.29 is 0 Å². The van der Waals surface area contributed by atoms with Gasteiger partial charge in [0.2, 0.25) is 0 Å². The quantitative estimate of drug-likeness (QED) is 0.716. The van der Waals surface area contributed by atoms with E-state index in [9.17, 15) is 4.79 Å². The van der Waals surface area contributed by atoms with E-state index < -0.39 is 0 Å². The van der Waals surface area contributed by atoms with Crippen LogP contribution in [0.5, 0.6) is 0 Å². The molecule has 16 heavy (non-hydrogen) atoms. The van der Waals surface area contributed by atoms with Crippen molar-refractivity contribution in [1.29, 1.82) is 0 Å². The van der Waals surface area contributed by atoms with Gasteiger partial charge in [0, 0.05) is 12.2 Å². The van der Waals surface area contributed by atoms with Gasteiger partial charge in [-0.05, 0) is 44.2 Å². The van der Waals surface area contributed by atoms with Gasteiger partial charge < -0.3 is 4.57 Å². The summed E-state index contributed by atoms with van der Waals surface area (Å²) < 4.78 is 1.81. The van der Waals surface area contributed by atoms with Gasteiger partial charge in [-0.15, -0.1) is 0 Å². The van der Waals surface area contributed by atoms with E-state index in [1.54, 1.807) is 0 Å². The molecule has 0 saturated carbocycles. The lowest BCUT2D eigenvalue weighted by atomic mass is 10.0. The van der Waals surface area contributed by atoms with Crippen LogP contribution < -0.4 is 5.56 Å². The third-order valence-electron chi connectivity index (χ3n) is 3.04. The molecule has 2 rings (SSSR count). The maximum absolute atomic E-state index is 12.3. The fourth-order valence-electron chi connectivity index (χ4n) is 2.13. The Balaban J connectivity index is 2.98. The Kier molecular flexibility index (Phi) is 2.58. The minimum absolute atomic E-state index is 0.119. The SMILES string of the molecule is Cc1cn(C(C)C)c(=O)c2c(C)cccc12. The van der Waals surface area contributed by atoms with Gasteiger partial charge in [-0.2, -0.15) is 0 Å². The summed E-state index contributed by atoms with van der Waals surface area (Å²) in [6.45, 7) is 8.11. The van der Waals surface area contributed by atoms with Crippen LogP contribution in [0.1, 0.15) is 31.0 Å². The highest BCUT2D eigenvalue weighted by atomic mass is 16.1. The van der Waals surface area contributed by atoms with Crippen LogP contribution in [0.15, 0.2) is 29.2 Å². The topological polar surface area (TPSA) is 22.0 Å². The maximum atomic E-state index is 12.3. The smallest absolute Gasteiger partial charge is 0.258 e. The highest BCUT2D eigenvalue weighted by Crippen LogP contribution is 2.19. The van der Waals surface area contributed by atoms with Gasteiger partial charge in [-0.25, -0.2) is 0 Å². The third kappa shape index (κ3) is 1.54. The molecule has 0 aliphatic heterocycles. The zero-order valence-electron chi connectivity index (χ0n) is 10.2. The highest BCUT2D eigenvalue weighted by molar-refractivity contribution is 5.87. The second kappa shape index (κ2) is 3.78. The fraction of sp³-hybridized carbons (Fsp3) is 0.357. The minimum Gasteiger partial charge on any atom is -0.312 e. The van der Waals surface area contributed by atoms with E-state index in [0.29, 0.717) is 0 Å². The lowest BCUT2D eigenvalue weighted by Crippen LogP contribution is -2.22. The summed E-state index contributed by atoms with van der Waals surface area (Å²) in [4.78, 5) is 12.3. The van der Waals surface area contributed by atoms with Crippen molar-refractivity contribution in [3.05, 3.63) is 45.9 Å². The Hall–Kier alpha value is -1.57. The van der Waals surface area contributed by atoms with Gasteiger partial charge in [-0.3, -0.25) is 4.79 Å². The van der Waals surface area contributed by atoms with Gasteiger partial charge in [0.05, 0.1) is 5.39 Å². The first kappa shape index (κ1) is 10.9. The van der Waals surface area contributed by atoms with Crippen molar-refractivity contribution in [3.8, 4) is 0 Å². The molecule has 2 nitrogen and oxygen atoms in total. The molecule has 1 aromatic carbocycles. The molecule has 2 aromatic rings. The molecule has 84 valence electrons. The van der Waals surface area contributed by atoms with Crippen molar-refractivity contribution in [3.63, 3.8) is 0 Å². The van der Waals surface area contributed by atoms with Crippen molar-refractivity contribution >= 4 is 10.8 Å². The number of nitrogens with zero attached hydrogens (tertiary/aromatic N) is 1. The molecule has 2 heteroatoms. The van der Waals surface area contributed by atoms with Gasteiger partial charge >= 0.3 is 0 Å². The average molecular weight is 215 g/mol. The Morgan fingerprint density at radius 2 is 1.81 bits per heavy atom. The summed E-state index contributed by atoms with van der Waals surface area (Å²) in [5, 5.41) is 1.93. The van der Waals surface area contributed by atoms with E-state index in [1.807, 2.05) is 49.7 Å². The van der Waals surface area contributed by atoms with Crippen LogP contribution in [0.25, 0.3) is 10.8 Å². The van der Waals surface area contributed by atoms with E-state index >= 15 is 0 Å². The largest absolute Gasteiger partial charge is 0.312 e. The Bertz CT molecular complexity index is 593. The molecule has 0 radical (unpaired) electrons. The summed E-state index contributed by atoms with van der Waals surface area (Å²) in [7, 11) is 0. The zero-order valence-corrected chi connectivity index (χ0v) is 10.2. The summed E-state index contributed by atoms with van der Waals surface area (Å²) >= 11 is 0. The van der Waals surface area contributed by atoms with Crippen LogP contribution in [-0.2, 0) is 0 Å². The molecule has 1 heterocycles. The summed E-state index contributed by atoms with van der Waals surface area (Å²) in [5.41, 5.74) is 2.33. The molecule has 0 aliphatic carbocycles. The van der Waals surface area contributed by atoms with E-state index in [4.69, 9.17) is 0 Å². The van der Waals surface area contributed by atoms with E-state index in [2.05, 4.69) is 6.92 Å². The van der Waals surface area contributed by atoms with Crippen LogP contribution in [0, 0.1) is 13.8 Å². The molecule has 0 N–H and O–H groups in total. The molecule has 0 spiro atoms. The van der Waals surface area contributed by atoms with E-state index in [-0.39, 0.29) is 11.6 Å². The van der Waals surface area contributed by atoms with Gasteiger partial charge in [-0.1, -0.05) is 18.2 Å². The Morgan fingerprint density at radius 1 is 1.12 bits per heavy atom. The highest BCUT2D eigenvalue weighted by Gasteiger charge is 2.09. The summed E-state index contributed by atoms with van der Waals surface area (Å²) in [6, 6.07) is 6.22. The van der Waals surface area contributed by atoms with Crippen molar-refractivity contribution in [1.82, 2.24) is 4.57 Å². The van der Waals surface area contributed by atoms with Crippen LogP contribution >= 0.6 is 0 Å². The molecular weight excluding hydrogens is 198 g/mol. The Labute approximate surface area is 95.5 Å². The molecule has 0 aliphatic rings. The molecular formula is C14H17NO. The van der Waals surface area contributed by atoms with Crippen molar-refractivity contribution in [2.45, 2.75) is 33.7 Å². The van der Waals surface area contributed by atoms with Crippen LogP contribution in [0.4, 0.5) is 0 Å². The van der Waals surface area contributed by atoms with E-state index in [1.165, 1.54) is 0 Å². The van der Waals surface area contributed by atoms with Crippen molar-refractivity contribution in [2.24, 2.45) is 0 Å². The number of rotatable bonds is 1. The second-order valence-corrected chi connectivity index (χ2v) is 4.62. The number of fused-ring (bicyclic) bond motifs is 1. The fourth-order valence-corrected chi connectivity index (χ4v) is 2.13. The summed E-state index contributed by atoms with van der Waals surface area (Å²) in [5.74, 6) is 0. The molecule has 0 amide bonds. The predicted molar refractivity (Wildman–Crippen MR) is 68.1 cm³/mol. The first-order chi connectivity index (χ1) is 7.52. The molecule has 0 fully saturated rings. The average Bonchev–Trinajstić information content (AvgIpc) is 2.22. The molecule has 0 atom stereocenters. The second-order valence-electron chi connectivity index (χ2n) is 4.62. The molecule has 1 aromatic heterocycles. The van der Waals surface area contributed by atoms with Crippen molar-refractivity contribution in [2.75, 3.05) is 0 Å². The number of aryl methyl sites for hydroxylation is 2. The number of benzene rings is 1. The minimum atomic E-state index is 0.119. The first-order valence-corrected chi connectivity index (χ1v) is 5.63. The van der Waals surface area contributed by atoms with E-state index in [0.717, 1.165) is 21.9 Å². The van der Waals surface area contributed by atoms with Gasteiger partial charge in [0.25, 0.3) is 5.56 Å². The molecule has 0 unspecified atom stereocenters. The Morgan fingerprint density at radius 3 is 2.44 bits per heavy atom. The number of aromatic nitrogens is 1. The van der Waals surface area contributed by atoms with Gasteiger partial charge in [0.15, 0.2) is 0 Å². The normalized spacial score (nSPS) is 11.3. The zero-order chi connectivity index (χ0) is 11.9. The maximum Gasteiger partial charge on any atom is 0.258 e. The monoisotopic (exact) mass is 215 g/mol. The number of hydrogen-bond donors (Lipinski definition) is 0. The predicted octanol–water partition coefficient (Wildman–Crippen LogP) is 3.20. The third-order valence-corrected chi connectivity index (χ3v) is 3.04.